The molecule has 0 fully saturated rings. The molecule has 0 atom stereocenters. The summed E-state index contributed by atoms with van der Waals surface area (Å²) >= 11 is 0. The molecule has 1 heterocycles. The summed E-state index contributed by atoms with van der Waals surface area (Å²) in [7, 11) is 0. The third kappa shape index (κ3) is 2.74. The lowest BCUT2D eigenvalue weighted by Crippen LogP contribution is -2.08. The van der Waals surface area contributed by atoms with E-state index in [0.29, 0.717) is 12.2 Å². The summed E-state index contributed by atoms with van der Waals surface area (Å²) in [5, 5.41) is 1.06. The summed E-state index contributed by atoms with van der Waals surface area (Å²) in [5.41, 5.74) is 7.02. The lowest BCUT2D eigenvalue weighted by atomic mass is 10.0. The highest BCUT2D eigenvalue weighted by Gasteiger charge is 2.21. The van der Waals surface area contributed by atoms with Gasteiger partial charge in [0.2, 0.25) is 0 Å². The van der Waals surface area contributed by atoms with Crippen molar-refractivity contribution in [3.63, 3.8) is 0 Å². The summed E-state index contributed by atoms with van der Waals surface area (Å²) in [4.78, 5) is 12.2. The first kappa shape index (κ1) is 15.9. The first-order valence-corrected chi connectivity index (χ1v) is 8.81. The van der Waals surface area contributed by atoms with Crippen molar-refractivity contribution in [1.29, 1.82) is 0 Å². The minimum atomic E-state index is -0.185. The highest BCUT2D eigenvalue weighted by molar-refractivity contribution is 5.86. The van der Waals surface area contributed by atoms with Gasteiger partial charge in [0, 0.05) is 16.5 Å². The number of hydrogen-bond donors (Lipinski definition) is 0. The van der Waals surface area contributed by atoms with Gasteiger partial charge in [-0.25, -0.2) is 4.79 Å². The van der Waals surface area contributed by atoms with Crippen molar-refractivity contribution in [2.45, 2.75) is 46.6 Å². The molecular weight excluding hydrogens is 312 g/mol. The third-order valence-electron chi connectivity index (χ3n) is 5.23. The van der Waals surface area contributed by atoms with Gasteiger partial charge in [0.25, 0.3) is 0 Å². The first-order valence-electron chi connectivity index (χ1n) is 8.81. The Morgan fingerprint density at radius 3 is 2.68 bits per heavy atom. The van der Waals surface area contributed by atoms with Gasteiger partial charge in [0.05, 0.1) is 0 Å². The van der Waals surface area contributed by atoms with Gasteiger partial charge in [-0.05, 0) is 68.9 Å². The fourth-order valence-electron chi connectivity index (χ4n) is 3.73. The Kier molecular flexibility index (Phi) is 3.87. The summed E-state index contributed by atoms with van der Waals surface area (Å²) < 4.78 is 11.7. The lowest BCUT2D eigenvalue weighted by molar-refractivity contribution is 0.303. The zero-order valence-corrected chi connectivity index (χ0v) is 14.9. The maximum absolute atomic E-state index is 12.2. The molecule has 0 saturated carbocycles. The van der Waals surface area contributed by atoms with Gasteiger partial charge in [-0.3, -0.25) is 0 Å². The van der Waals surface area contributed by atoms with Gasteiger partial charge < -0.3 is 9.15 Å². The van der Waals surface area contributed by atoms with E-state index in [-0.39, 0.29) is 5.63 Å². The number of rotatable bonds is 3. The molecule has 1 aliphatic carbocycles. The quantitative estimate of drug-likeness (QED) is 0.647. The molecule has 0 spiro atoms. The summed E-state index contributed by atoms with van der Waals surface area (Å²) in [6.07, 6.45) is 2.82. The number of fused-ring (bicyclic) bond motifs is 3. The lowest BCUT2D eigenvalue weighted by Gasteiger charge is -2.13. The van der Waals surface area contributed by atoms with Gasteiger partial charge >= 0.3 is 5.63 Å². The van der Waals surface area contributed by atoms with Crippen LogP contribution in [0.3, 0.4) is 0 Å². The molecule has 0 unspecified atom stereocenters. The van der Waals surface area contributed by atoms with Gasteiger partial charge in [0.15, 0.2) is 0 Å². The van der Waals surface area contributed by atoms with Crippen LogP contribution in [0.1, 0.15) is 39.8 Å². The van der Waals surface area contributed by atoms with Crippen LogP contribution in [0.4, 0.5) is 0 Å². The van der Waals surface area contributed by atoms with E-state index < -0.39 is 0 Å². The van der Waals surface area contributed by atoms with Gasteiger partial charge in [0.1, 0.15) is 17.9 Å². The van der Waals surface area contributed by atoms with Gasteiger partial charge in [-0.1, -0.05) is 23.8 Å². The van der Waals surface area contributed by atoms with Crippen LogP contribution >= 0.6 is 0 Å². The molecule has 2 aromatic carbocycles. The largest absolute Gasteiger partial charge is 0.488 e. The maximum atomic E-state index is 12.2. The molecule has 0 radical (unpaired) electrons. The molecule has 128 valence electrons. The Bertz CT molecular complexity index is 1030. The molecule has 25 heavy (non-hydrogen) atoms. The molecule has 3 nitrogen and oxygen atoms in total. The van der Waals surface area contributed by atoms with Crippen LogP contribution in [0.25, 0.3) is 11.0 Å². The van der Waals surface area contributed by atoms with Crippen LogP contribution in [-0.2, 0) is 19.4 Å². The zero-order valence-electron chi connectivity index (χ0n) is 14.9. The Balaban J connectivity index is 1.72. The minimum absolute atomic E-state index is 0.185. The third-order valence-corrected chi connectivity index (χ3v) is 5.23. The molecular formula is C22H22O3. The van der Waals surface area contributed by atoms with Crippen molar-refractivity contribution in [2.75, 3.05) is 0 Å². The van der Waals surface area contributed by atoms with E-state index in [0.717, 1.165) is 47.1 Å². The molecule has 4 rings (SSSR count). The number of ether oxygens (including phenoxy) is 1. The Hall–Kier alpha value is -2.55. The van der Waals surface area contributed by atoms with E-state index in [1.165, 1.54) is 16.7 Å². The van der Waals surface area contributed by atoms with Crippen molar-refractivity contribution >= 4 is 11.0 Å². The summed E-state index contributed by atoms with van der Waals surface area (Å²) in [6.45, 7) is 6.65. The smallest absolute Gasteiger partial charge is 0.339 e. The zero-order chi connectivity index (χ0) is 17.6. The minimum Gasteiger partial charge on any atom is -0.488 e. The van der Waals surface area contributed by atoms with Crippen molar-refractivity contribution < 1.29 is 9.15 Å². The Morgan fingerprint density at radius 1 is 1.04 bits per heavy atom. The molecule has 3 aromatic rings. The van der Waals surface area contributed by atoms with E-state index in [1.54, 1.807) is 0 Å². The van der Waals surface area contributed by atoms with Crippen LogP contribution < -0.4 is 10.4 Å². The predicted octanol–water partition coefficient (Wildman–Crippen LogP) is 4.79. The summed E-state index contributed by atoms with van der Waals surface area (Å²) in [5.74, 6) is 0.773. The van der Waals surface area contributed by atoms with E-state index >= 15 is 0 Å². The molecule has 0 amide bonds. The van der Waals surface area contributed by atoms with Crippen molar-refractivity contribution in [2.24, 2.45) is 0 Å². The molecule has 1 aromatic heterocycles. The number of benzene rings is 2. The van der Waals surface area contributed by atoms with E-state index in [4.69, 9.17) is 9.15 Å². The van der Waals surface area contributed by atoms with E-state index in [9.17, 15) is 4.79 Å². The predicted molar refractivity (Wildman–Crippen MR) is 99.5 cm³/mol. The maximum Gasteiger partial charge on any atom is 0.339 e. The normalized spacial score (nSPS) is 13.2. The monoisotopic (exact) mass is 334 g/mol. The average Bonchev–Trinajstić information content (AvgIpc) is 3.08. The van der Waals surface area contributed by atoms with E-state index in [2.05, 4.69) is 32.0 Å². The standard InChI is InChI=1S/C22H22O3/c1-13-7-8-14(2)16(11-13)12-24-20-10-9-18-17-5-4-6-19(17)22(23)25-21(18)15(20)3/h7-11H,4-6,12H2,1-3H3. The van der Waals surface area contributed by atoms with Crippen molar-refractivity contribution in [1.82, 2.24) is 0 Å². The fraction of sp³-hybridized carbons (Fsp3) is 0.318. The SMILES string of the molecule is Cc1ccc(C)c(COc2ccc3c4c(c(=O)oc3c2C)CCC4)c1. The van der Waals surface area contributed by atoms with E-state index in [1.807, 2.05) is 19.1 Å². The fourth-order valence-corrected chi connectivity index (χ4v) is 3.73. The van der Waals surface area contributed by atoms with Gasteiger partial charge in [-0.2, -0.15) is 0 Å². The molecule has 0 saturated heterocycles. The Labute approximate surface area is 147 Å². The molecule has 3 heteroatoms. The van der Waals surface area contributed by atoms with Crippen LogP contribution in [-0.4, -0.2) is 0 Å². The Morgan fingerprint density at radius 2 is 1.84 bits per heavy atom. The van der Waals surface area contributed by atoms with Crippen molar-refractivity contribution in [3.05, 3.63) is 74.1 Å². The molecule has 0 bridgehead atoms. The van der Waals surface area contributed by atoms with Crippen molar-refractivity contribution in [3.8, 4) is 5.75 Å². The van der Waals surface area contributed by atoms with Crippen LogP contribution in [0, 0.1) is 20.8 Å². The van der Waals surface area contributed by atoms with Crippen LogP contribution in [0.15, 0.2) is 39.5 Å². The van der Waals surface area contributed by atoms with Crippen LogP contribution in [0.2, 0.25) is 0 Å². The highest BCUT2D eigenvalue weighted by Crippen LogP contribution is 2.33. The van der Waals surface area contributed by atoms with Gasteiger partial charge in [-0.15, -0.1) is 0 Å². The number of hydrogen-bond acceptors (Lipinski definition) is 3. The molecule has 1 aliphatic rings. The molecule has 0 N–H and O–H groups in total. The average molecular weight is 334 g/mol. The first-order chi connectivity index (χ1) is 12.0. The second-order valence-corrected chi connectivity index (χ2v) is 6.98. The topological polar surface area (TPSA) is 39.4 Å². The molecule has 0 aliphatic heterocycles. The van der Waals surface area contributed by atoms with Crippen LogP contribution in [0.5, 0.6) is 5.75 Å². The second-order valence-electron chi connectivity index (χ2n) is 6.98. The number of aryl methyl sites for hydroxylation is 4. The highest BCUT2D eigenvalue weighted by atomic mass is 16.5. The summed E-state index contributed by atoms with van der Waals surface area (Å²) in [6, 6.07) is 10.4. The second kappa shape index (κ2) is 6.07.